The largest absolute Gasteiger partial charge is 0.508 e. The third kappa shape index (κ3) is 3.51. The zero-order valence-electron chi connectivity index (χ0n) is 17.4. The summed E-state index contributed by atoms with van der Waals surface area (Å²) >= 11 is 0. The van der Waals surface area contributed by atoms with Gasteiger partial charge in [-0.1, -0.05) is 36.9 Å². The molecule has 0 spiro atoms. The fourth-order valence-corrected chi connectivity index (χ4v) is 5.12. The van der Waals surface area contributed by atoms with E-state index >= 15 is 0 Å². The van der Waals surface area contributed by atoms with Gasteiger partial charge in [-0.05, 0) is 67.5 Å². The second kappa shape index (κ2) is 7.67. The lowest BCUT2D eigenvalue weighted by Gasteiger charge is -2.55. The Kier molecular flexibility index (Phi) is 4.86. The van der Waals surface area contributed by atoms with Crippen LogP contribution in [-0.2, 0) is 0 Å². The van der Waals surface area contributed by atoms with E-state index in [0.29, 0.717) is 18.7 Å². The van der Waals surface area contributed by atoms with Gasteiger partial charge in [-0.2, -0.15) is 0 Å². The molecule has 1 saturated carbocycles. The molecule has 2 saturated heterocycles. The average Bonchev–Trinajstić information content (AvgIpc) is 3.14. The molecule has 0 amide bonds. The van der Waals surface area contributed by atoms with Crippen molar-refractivity contribution in [2.75, 3.05) is 6.61 Å². The fraction of sp³-hybridized carbons (Fsp3) is 0.346. The average molecular weight is 401 g/mol. The van der Waals surface area contributed by atoms with E-state index in [9.17, 15) is 5.11 Å². The minimum absolute atomic E-state index is 0.256. The van der Waals surface area contributed by atoms with Crippen LogP contribution in [0, 0.1) is 5.92 Å². The number of hydrogen-bond acceptors (Lipinski definition) is 4. The maximum atomic E-state index is 9.50. The second-order valence-electron chi connectivity index (χ2n) is 8.76. The number of ether oxygens (including phenoxy) is 1. The Morgan fingerprint density at radius 3 is 2.57 bits per heavy atom. The standard InChI is InChI=1S/C26H28N2O2/c1-17-12-25(20-6-4-3-5-7-20)26(27-17)18(2)28-21-13-19(14-21)15-22(28)16-30-24-10-8-23(29)9-11-24/h3-11,19,21-22,29H,2,12-16H2,1H3. The summed E-state index contributed by atoms with van der Waals surface area (Å²) in [5.74, 6) is 1.84. The number of aliphatic imine (C=N–C) groups is 1. The number of piperidine rings is 2. The van der Waals surface area contributed by atoms with Gasteiger partial charge in [0.25, 0.3) is 0 Å². The molecule has 4 heteroatoms. The summed E-state index contributed by atoms with van der Waals surface area (Å²) in [7, 11) is 0. The minimum Gasteiger partial charge on any atom is -0.508 e. The maximum Gasteiger partial charge on any atom is 0.119 e. The predicted octanol–water partition coefficient (Wildman–Crippen LogP) is 5.41. The molecule has 2 aromatic carbocycles. The first-order chi connectivity index (χ1) is 14.6. The van der Waals surface area contributed by atoms with Crippen molar-refractivity contribution >= 4 is 11.3 Å². The zero-order chi connectivity index (χ0) is 20.7. The van der Waals surface area contributed by atoms with Crippen molar-refractivity contribution in [1.82, 2.24) is 4.90 Å². The SMILES string of the molecule is C=C(C1=C(c2ccccc2)CC(C)=N1)N1C(COc2ccc(O)cc2)CC2CC1C2. The molecule has 6 rings (SSSR count). The van der Waals surface area contributed by atoms with Gasteiger partial charge < -0.3 is 14.7 Å². The lowest BCUT2D eigenvalue weighted by Crippen LogP contribution is -2.57. The van der Waals surface area contributed by atoms with E-state index in [0.717, 1.165) is 41.6 Å². The Hall–Kier alpha value is -3.01. The van der Waals surface area contributed by atoms with Crippen LogP contribution in [-0.4, -0.2) is 34.4 Å². The van der Waals surface area contributed by atoms with Crippen molar-refractivity contribution in [3.8, 4) is 11.5 Å². The number of aromatic hydroxyl groups is 1. The molecule has 1 N–H and O–H groups in total. The molecule has 154 valence electrons. The first-order valence-electron chi connectivity index (χ1n) is 10.8. The summed E-state index contributed by atoms with van der Waals surface area (Å²) in [4.78, 5) is 7.41. The molecule has 4 nitrogen and oxygen atoms in total. The number of allylic oxidation sites excluding steroid dienone is 1. The van der Waals surface area contributed by atoms with Gasteiger partial charge in [0.05, 0.1) is 17.4 Å². The summed E-state index contributed by atoms with van der Waals surface area (Å²) < 4.78 is 6.10. The highest BCUT2D eigenvalue weighted by Gasteiger charge is 2.45. The third-order valence-corrected chi connectivity index (χ3v) is 6.61. The number of benzene rings is 2. The number of nitrogens with zero attached hydrogens (tertiary/aromatic N) is 2. The van der Waals surface area contributed by atoms with E-state index in [4.69, 9.17) is 9.73 Å². The molecule has 3 heterocycles. The van der Waals surface area contributed by atoms with E-state index in [1.807, 2.05) is 12.1 Å². The smallest absolute Gasteiger partial charge is 0.119 e. The number of hydrogen-bond donors (Lipinski definition) is 1. The summed E-state index contributed by atoms with van der Waals surface area (Å²) in [6.45, 7) is 7.25. The Labute approximate surface area is 178 Å². The van der Waals surface area contributed by atoms with E-state index in [1.165, 1.54) is 24.0 Å². The third-order valence-electron chi connectivity index (χ3n) is 6.61. The quantitative estimate of drug-likeness (QED) is 0.705. The normalized spacial score (nSPS) is 25.0. The first kappa shape index (κ1) is 19.0. The number of fused-ring (bicyclic) bond motifs is 2. The van der Waals surface area contributed by atoms with E-state index in [2.05, 4.69) is 48.7 Å². The van der Waals surface area contributed by atoms with E-state index in [1.54, 1.807) is 12.1 Å². The molecule has 3 aliphatic heterocycles. The van der Waals surface area contributed by atoms with Crippen LogP contribution in [0.4, 0.5) is 0 Å². The van der Waals surface area contributed by atoms with Crippen LogP contribution in [0.2, 0.25) is 0 Å². The van der Waals surface area contributed by atoms with Gasteiger partial charge in [0, 0.05) is 18.2 Å². The molecule has 4 aliphatic rings. The van der Waals surface area contributed by atoms with E-state index < -0.39 is 0 Å². The van der Waals surface area contributed by atoms with Crippen molar-refractivity contribution < 1.29 is 9.84 Å². The molecule has 1 atom stereocenters. The highest BCUT2D eigenvalue weighted by atomic mass is 16.5. The van der Waals surface area contributed by atoms with Crippen molar-refractivity contribution in [2.24, 2.45) is 10.9 Å². The van der Waals surface area contributed by atoms with Gasteiger partial charge >= 0.3 is 0 Å². The van der Waals surface area contributed by atoms with Crippen molar-refractivity contribution in [1.29, 1.82) is 0 Å². The molecular weight excluding hydrogens is 372 g/mol. The summed E-state index contributed by atoms with van der Waals surface area (Å²) in [6.07, 6.45) is 4.50. The molecule has 1 aliphatic carbocycles. The van der Waals surface area contributed by atoms with Crippen molar-refractivity contribution in [3.05, 3.63) is 78.1 Å². The van der Waals surface area contributed by atoms with Crippen LogP contribution >= 0.6 is 0 Å². The molecular formula is C26H28N2O2. The topological polar surface area (TPSA) is 45.1 Å². The Balaban J connectivity index is 1.39. The molecule has 30 heavy (non-hydrogen) atoms. The Morgan fingerprint density at radius 1 is 1.10 bits per heavy atom. The first-order valence-corrected chi connectivity index (χ1v) is 10.8. The van der Waals surface area contributed by atoms with Crippen molar-refractivity contribution in [2.45, 2.75) is 44.7 Å². The van der Waals surface area contributed by atoms with Crippen LogP contribution < -0.4 is 4.74 Å². The van der Waals surface area contributed by atoms with Crippen LogP contribution in [0.15, 0.2) is 77.6 Å². The van der Waals surface area contributed by atoms with Crippen LogP contribution in [0.25, 0.3) is 5.57 Å². The second-order valence-corrected chi connectivity index (χ2v) is 8.76. The number of rotatable bonds is 6. The van der Waals surface area contributed by atoms with Gasteiger partial charge in [-0.3, -0.25) is 4.99 Å². The zero-order valence-corrected chi connectivity index (χ0v) is 17.4. The summed E-state index contributed by atoms with van der Waals surface area (Å²) in [5, 5.41) is 9.50. The van der Waals surface area contributed by atoms with Crippen LogP contribution in [0.3, 0.4) is 0 Å². The molecule has 0 aromatic heterocycles. The Bertz CT molecular complexity index is 1000. The molecule has 1 unspecified atom stereocenters. The van der Waals surface area contributed by atoms with Gasteiger partial charge in [0.1, 0.15) is 18.1 Å². The minimum atomic E-state index is 0.256. The highest BCUT2D eigenvalue weighted by Crippen LogP contribution is 2.47. The van der Waals surface area contributed by atoms with Crippen LogP contribution in [0.1, 0.15) is 38.2 Å². The lowest BCUT2D eigenvalue weighted by molar-refractivity contribution is -0.0215. The molecule has 0 radical (unpaired) electrons. The lowest BCUT2D eigenvalue weighted by atomic mass is 9.70. The maximum absolute atomic E-state index is 9.50. The molecule has 2 bridgehead atoms. The summed E-state index contributed by atoms with van der Waals surface area (Å²) in [5.41, 5.74) is 5.73. The van der Waals surface area contributed by atoms with Gasteiger partial charge in [0.15, 0.2) is 0 Å². The monoisotopic (exact) mass is 400 g/mol. The fourth-order valence-electron chi connectivity index (χ4n) is 5.12. The molecule has 3 fully saturated rings. The van der Waals surface area contributed by atoms with Gasteiger partial charge in [0.2, 0.25) is 0 Å². The Morgan fingerprint density at radius 2 is 1.83 bits per heavy atom. The number of phenols is 1. The van der Waals surface area contributed by atoms with Gasteiger partial charge in [-0.25, -0.2) is 0 Å². The van der Waals surface area contributed by atoms with E-state index in [-0.39, 0.29) is 5.75 Å². The molecule has 2 aromatic rings. The summed E-state index contributed by atoms with van der Waals surface area (Å²) in [6, 6.07) is 18.3. The number of phenolic OH excluding ortho intramolecular Hbond substituents is 1. The van der Waals surface area contributed by atoms with Gasteiger partial charge in [-0.15, -0.1) is 0 Å². The van der Waals surface area contributed by atoms with Crippen molar-refractivity contribution in [3.63, 3.8) is 0 Å². The predicted molar refractivity (Wildman–Crippen MR) is 121 cm³/mol. The highest BCUT2D eigenvalue weighted by molar-refractivity contribution is 5.99. The van der Waals surface area contributed by atoms with Crippen LogP contribution in [0.5, 0.6) is 11.5 Å².